The third-order valence-corrected chi connectivity index (χ3v) is 4.11. The lowest BCUT2D eigenvalue weighted by Crippen LogP contribution is -2.46. The van der Waals surface area contributed by atoms with Gasteiger partial charge in [0, 0.05) is 37.9 Å². The minimum atomic E-state index is -4.47. The molecule has 26 heavy (non-hydrogen) atoms. The number of piperazine rings is 1. The topological polar surface area (TPSA) is 61.4 Å². The molecule has 0 bridgehead atoms. The largest absolute Gasteiger partial charge is 0.418 e. The van der Waals surface area contributed by atoms with Crippen LogP contribution in [0.5, 0.6) is 0 Å². The number of hydrogen-bond acceptors (Lipinski definition) is 5. The van der Waals surface area contributed by atoms with Crippen LogP contribution in [-0.4, -0.2) is 47.5 Å². The van der Waals surface area contributed by atoms with Crippen molar-refractivity contribution in [2.45, 2.75) is 13.1 Å². The van der Waals surface area contributed by atoms with Crippen LogP contribution in [0.25, 0.3) is 0 Å². The summed E-state index contributed by atoms with van der Waals surface area (Å²) in [5.41, 5.74) is -0.228. The Morgan fingerprint density at radius 2 is 1.81 bits per heavy atom. The van der Waals surface area contributed by atoms with Crippen molar-refractivity contribution >= 4 is 23.9 Å². The number of halogens is 3. The predicted octanol–water partition coefficient (Wildman–Crippen LogP) is 2.83. The summed E-state index contributed by atoms with van der Waals surface area (Å²) in [6.07, 6.45) is -3.66. The highest BCUT2D eigenvalue weighted by atomic mass is 19.4. The van der Waals surface area contributed by atoms with Crippen LogP contribution in [0.2, 0.25) is 0 Å². The van der Waals surface area contributed by atoms with Crippen LogP contribution in [0.15, 0.2) is 30.3 Å². The molecule has 0 saturated carbocycles. The molecule has 3 rings (SSSR count). The van der Waals surface area contributed by atoms with Crippen molar-refractivity contribution in [1.82, 2.24) is 14.9 Å². The van der Waals surface area contributed by atoms with Gasteiger partial charge in [-0.05, 0) is 19.1 Å². The number of carbonyl (C=O) groups is 1. The molecule has 1 aliphatic heterocycles. The van der Waals surface area contributed by atoms with E-state index in [-0.39, 0.29) is 11.6 Å². The molecule has 1 aromatic heterocycles. The summed E-state index contributed by atoms with van der Waals surface area (Å²) in [6.45, 7) is 4.12. The van der Waals surface area contributed by atoms with Crippen LogP contribution in [0.4, 0.5) is 30.6 Å². The zero-order valence-corrected chi connectivity index (χ0v) is 14.1. The first-order chi connectivity index (χ1) is 12.4. The molecule has 1 N–H and O–H groups in total. The molecule has 0 radical (unpaired) electrons. The Morgan fingerprint density at radius 3 is 2.46 bits per heavy atom. The molecule has 1 amide bonds. The minimum absolute atomic E-state index is 0.0951. The lowest BCUT2D eigenvalue weighted by atomic mass is 10.1. The molecular weight excluding hydrogens is 347 g/mol. The summed E-state index contributed by atoms with van der Waals surface area (Å²) in [5.74, 6) is 0.726. The quantitative estimate of drug-likeness (QED) is 0.845. The van der Waals surface area contributed by atoms with E-state index < -0.39 is 11.7 Å². The van der Waals surface area contributed by atoms with E-state index >= 15 is 0 Å². The summed E-state index contributed by atoms with van der Waals surface area (Å²) < 4.78 is 39.4. The van der Waals surface area contributed by atoms with Crippen molar-refractivity contribution in [1.29, 1.82) is 0 Å². The first kappa shape index (κ1) is 18.0. The van der Waals surface area contributed by atoms with Crippen LogP contribution in [0.1, 0.15) is 11.3 Å². The monoisotopic (exact) mass is 365 g/mol. The number of aromatic nitrogens is 2. The maximum atomic E-state index is 13.1. The van der Waals surface area contributed by atoms with Crippen molar-refractivity contribution in [2.75, 3.05) is 36.4 Å². The van der Waals surface area contributed by atoms with Crippen LogP contribution in [-0.2, 0) is 11.0 Å². The van der Waals surface area contributed by atoms with E-state index in [2.05, 4.69) is 15.3 Å². The SMILES string of the molecule is Cc1cc(N2CCN(C=O)CC2)nc(Nc2ccccc2C(F)(F)F)n1. The first-order valence-corrected chi connectivity index (χ1v) is 8.10. The van der Waals surface area contributed by atoms with Crippen LogP contribution < -0.4 is 10.2 Å². The summed E-state index contributed by atoms with van der Waals surface area (Å²) in [4.78, 5) is 23.0. The molecule has 9 heteroatoms. The standard InChI is InChI=1S/C17H18F3N5O/c1-12-10-15(25-8-6-24(11-26)7-9-25)23-16(21-12)22-14-5-3-2-4-13(14)17(18,19)20/h2-5,10-11H,6-9H2,1H3,(H,21,22,23). The number of alkyl halides is 3. The van der Waals surface area contributed by atoms with E-state index in [4.69, 9.17) is 0 Å². The van der Waals surface area contributed by atoms with Gasteiger partial charge in [-0.2, -0.15) is 18.2 Å². The van der Waals surface area contributed by atoms with Crippen LogP contribution >= 0.6 is 0 Å². The Balaban J connectivity index is 1.84. The van der Waals surface area contributed by atoms with Crippen molar-refractivity contribution < 1.29 is 18.0 Å². The second kappa shape index (κ2) is 7.19. The van der Waals surface area contributed by atoms with Crippen LogP contribution in [0, 0.1) is 6.92 Å². The van der Waals surface area contributed by atoms with Gasteiger partial charge < -0.3 is 15.1 Å². The van der Waals surface area contributed by atoms with E-state index in [1.54, 1.807) is 17.9 Å². The van der Waals surface area contributed by atoms with Gasteiger partial charge in [0.05, 0.1) is 11.3 Å². The average Bonchev–Trinajstić information content (AvgIpc) is 2.61. The van der Waals surface area contributed by atoms with Gasteiger partial charge >= 0.3 is 6.18 Å². The average molecular weight is 365 g/mol. The number of aryl methyl sites for hydroxylation is 1. The Morgan fingerprint density at radius 1 is 1.12 bits per heavy atom. The molecule has 1 aliphatic rings. The number of para-hydroxylation sites is 1. The molecular formula is C17H18F3N5O. The number of benzene rings is 1. The molecule has 6 nitrogen and oxygen atoms in total. The molecule has 0 atom stereocenters. The number of amides is 1. The molecule has 0 unspecified atom stereocenters. The zero-order valence-electron chi connectivity index (χ0n) is 14.1. The second-order valence-electron chi connectivity index (χ2n) is 5.99. The fourth-order valence-electron chi connectivity index (χ4n) is 2.79. The molecule has 0 spiro atoms. The van der Waals surface area contributed by atoms with Gasteiger partial charge in [-0.15, -0.1) is 0 Å². The Kier molecular flexibility index (Phi) is 4.97. The van der Waals surface area contributed by atoms with Crippen molar-refractivity contribution in [3.63, 3.8) is 0 Å². The summed E-state index contributed by atoms with van der Waals surface area (Å²) in [6, 6.07) is 6.99. The second-order valence-corrected chi connectivity index (χ2v) is 5.99. The van der Waals surface area contributed by atoms with E-state index in [0.29, 0.717) is 37.7 Å². The van der Waals surface area contributed by atoms with Gasteiger partial charge in [0.1, 0.15) is 5.82 Å². The lowest BCUT2D eigenvalue weighted by Gasteiger charge is -2.33. The van der Waals surface area contributed by atoms with Gasteiger partial charge in [-0.25, -0.2) is 4.98 Å². The number of hydrogen-bond donors (Lipinski definition) is 1. The minimum Gasteiger partial charge on any atom is -0.353 e. The van der Waals surface area contributed by atoms with Gasteiger partial charge in [0.15, 0.2) is 0 Å². The van der Waals surface area contributed by atoms with Gasteiger partial charge in [0.2, 0.25) is 12.4 Å². The summed E-state index contributed by atoms with van der Waals surface area (Å²) >= 11 is 0. The van der Waals surface area contributed by atoms with Crippen molar-refractivity contribution in [3.8, 4) is 0 Å². The van der Waals surface area contributed by atoms with E-state index in [1.807, 2.05) is 4.90 Å². The Bertz CT molecular complexity index is 788. The van der Waals surface area contributed by atoms with E-state index in [9.17, 15) is 18.0 Å². The smallest absolute Gasteiger partial charge is 0.353 e. The molecule has 2 heterocycles. The zero-order chi connectivity index (χ0) is 18.7. The third kappa shape index (κ3) is 4.04. The highest BCUT2D eigenvalue weighted by Crippen LogP contribution is 2.35. The van der Waals surface area contributed by atoms with Crippen molar-refractivity contribution in [2.24, 2.45) is 0 Å². The van der Waals surface area contributed by atoms with E-state index in [0.717, 1.165) is 12.5 Å². The first-order valence-electron chi connectivity index (χ1n) is 8.10. The maximum Gasteiger partial charge on any atom is 0.418 e. The van der Waals surface area contributed by atoms with E-state index in [1.165, 1.54) is 18.2 Å². The fraction of sp³-hybridized carbons (Fsp3) is 0.353. The fourth-order valence-corrected chi connectivity index (χ4v) is 2.79. The summed E-state index contributed by atoms with van der Waals surface area (Å²) in [5, 5.41) is 2.68. The highest BCUT2D eigenvalue weighted by molar-refractivity contribution is 5.61. The molecule has 0 aliphatic carbocycles. The van der Waals surface area contributed by atoms with Crippen molar-refractivity contribution in [3.05, 3.63) is 41.6 Å². The predicted molar refractivity (Wildman–Crippen MR) is 91.3 cm³/mol. The highest BCUT2D eigenvalue weighted by Gasteiger charge is 2.33. The summed E-state index contributed by atoms with van der Waals surface area (Å²) in [7, 11) is 0. The van der Waals surface area contributed by atoms with Gasteiger partial charge in [0.25, 0.3) is 0 Å². The lowest BCUT2D eigenvalue weighted by molar-refractivity contribution is -0.136. The number of carbonyl (C=O) groups excluding carboxylic acids is 1. The normalized spacial score (nSPS) is 15.1. The number of anilines is 3. The Hall–Kier alpha value is -2.84. The Labute approximate surface area is 148 Å². The molecule has 1 aromatic carbocycles. The maximum absolute atomic E-state index is 13.1. The molecule has 138 valence electrons. The number of rotatable bonds is 4. The molecule has 2 aromatic rings. The molecule has 1 saturated heterocycles. The molecule has 1 fully saturated rings. The number of nitrogens with one attached hydrogen (secondary N) is 1. The van der Waals surface area contributed by atoms with Gasteiger partial charge in [-0.3, -0.25) is 4.79 Å². The van der Waals surface area contributed by atoms with Crippen LogP contribution in [0.3, 0.4) is 0 Å². The van der Waals surface area contributed by atoms with Gasteiger partial charge in [-0.1, -0.05) is 12.1 Å². The number of nitrogens with zero attached hydrogens (tertiary/aromatic N) is 4. The third-order valence-electron chi connectivity index (χ3n) is 4.11.